The third-order valence-electron chi connectivity index (χ3n) is 5.07. The third-order valence-corrected chi connectivity index (χ3v) is 6.05. The third kappa shape index (κ3) is 7.86. The number of hydrogen-bond acceptors (Lipinski definition) is 4. The van der Waals surface area contributed by atoms with E-state index in [1.807, 2.05) is 39.8 Å². The van der Waals surface area contributed by atoms with Crippen molar-refractivity contribution in [3.63, 3.8) is 0 Å². The summed E-state index contributed by atoms with van der Waals surface area (Å²) in [6.45, 7) is 8.95. The van der Waals surface area contributed by atoms with Crippen molar-refractivity contribution < 1.29 is 18.4 Å². The fourth-order valence-electron chi connectivity index (χ4n) is 3.45. The number of halogens is 1. The number of carbonyl (C=O) groups is 2. The molecule has 0 bridgehead atoms. The summed E-state index contributed by atoms with van der Waals surface area (Å²) in [6, 6.07) is 13.7. The molecule has 0 aliphatic rings. The average molecular weight is 471 g/mol. The first-order chi connectivity index (χ1) is 15.6. The molecular formula is C26H31FN2O3S. The standard InChI is InChI=1S/C26H31FN2O3S/c1-19-7-12-23(33-19)17-28(15-20-8-10-21(27)11-9-20)25(31)18-29(16-22-6-5-13-32-22)24(30)14-26(2,3)4/h5-13H,14-18H2,1-4H3. The molecule has 0 aliphatic carbocycles. The predicted molar refractivity (Wildman–Crippen MR) is 128 cm³/mol. The van der Waals surface area contributed by atoms with E-state index in [1.54, 1.807) is 51.7 Å². The summed E-state index contributed by atoms with van der Waals surface area (Å²) in [5, 5.41) is 0. The molecule has 0 fully saturated rings. The summed E-state index contributed by atoms with van der Waals surface area (Å²) in [7, 11) is 0. The van der Waals surface area contributed by atoms with Crippen LogP contribution in [-0.4, -0.2) is 28.2 Å². The predicted octanol–water partition coefficient (Wildman–Crippen LogP) is 5.78. The second kappa shape index (κ2) is 10.8. The van der Waals surface area contributed by atoms with E-state index in [2.05, 4.69) is 0 Å². The molecular weight excluding hydrogens is 439 g/mol. The summed E-state index contributed by atoms with van der Waals surface area (Å²) in [5.41, 5.74) is 0.626. The Kier molecular flexibility index (Phi) is 8.08. The van der Waals surface area contributed by atoms with Crippen LogP contribution in [-0.2, 0) is 29.2 Å². The van der Waals surface area contributed by atoms with Gasteiger partial charge in [-0.2, -0.15) is 0 Å². The molecule has 3 rings (SSSR count). The van der Waals surface area contributed by atoms with E-state index in [0.717, 1.165) is 10.4 Å². The summed E-state index contributed by atoms with van der Waals surface area (Å²) in [6.07, 6.45) is 1.88. The van der Waals surface area contributed by atoms with Crippen molar-refractivity contribution in [3.05, 3.63) is 81.7 Å². The van der Waals surface area contributed by atoms with Crippen LogP contribution in [0.5, 0.6) is 0 Å². The van der Waals surface area contributed by atoms with Gasteiger partial charge in [0.1, 0.15) is 18.1 Å². The second-order valence-electron chi connectivity index (χ2n) is 9.46. The Balaban J connectivity index is 1.80. The normalized spacial score (nSPS) is 11.4. The summed E-state index contributed by atoms with van der Waals surface area (Å²) in [4.78, 5) is 32.0. The largest absolute Gasteiger partial charge is 0.467 e. The van der Waals surface area contributed by atoms with Gasteiger partial charge in [-0.25, -0.2) is 4.39 Å². The number of thiophene rings is 1. The highest BCUT2D eigenvalue weighted by Gasteiger charge is 2.26. The Morgan fingerprint density at radius 2 is 1.67 bits per heavy atom. The lowest BCUT2D eigenvalue weighted by Crippen LogP contribution is -2.42. The molecule has 2 amide bonds. The lowest BCUT2D eigenvalue weighted by atomic mass is 9.91. The van der Waals surface area contributed by atoms with E-state index in [-0.39, 0.29) is 36.1 Å². The highest BCUT2D eigenvalue weighted by Crippen LogP contribution is 2.22. The van der Waals surface area contributed by atoms with Crippen molar-refractivity contribution in [2.24, 2.45) is 5.41 Å². The molecule has 0 aliphatic heterocycles. The van der Waals surface area contributed by atoms with Crippen molar-refractivity contribution in [1.29, 1.82) is 0 Å². The Hall–Kier alpha value is -2.93. The lowest BCUT2D eigenvalue weighted by molar-refractivity contribution is -0.143. The SMILES string of the molecule is Cc1ccc(CN(Cc2ccc(F)cc2)C(=O)CN(Cc2ccco2)C(=O)CC(C)(C)C)s1. The van der Waals surface area contributed by atoms with E-state index < -0.39 is 0 Å². The molecule has 2 heterocycles. The summed E-state index contributed by atoms with van der Waals surface area (Å²) >= 11 is 1.63. The highest BCUT2D eigenvalue weighted by atomic mass is 32.1. The molecule has 2 aromatic heterocycles. The van der Waals surface area contributed by atoms with Crippen molar-refractivity contribution in [2.45, 2.75) is 53.8 Å². The average Bonchev–Trinajstić information content (AvgIpc) is 3.39. The Morgan fingerprint density at radius 1 is 0.939 bits per heavy atom. The first-order valence-corrected chi connectivity index (χ1v) is 11.8. The fraction of sp³-hybridized carbons (Fsp3) is 0.385. The van der Waals surface area contributed by atoms with E-state index in [1.165, 1.54) is 17.0 Å². The van der Waals surface area contributed by atoms with Crippen LogP contribution in [0, 0.1) is 18.2 Å². The number of carbonyl (C=O) groups excluding carboxylic acids is 2. The molecule has 7 heteroatoms. The van der Waals surface area contributed by atoms with Crippen molar-refractivity contribution in [2.75, 3.05) is 6.54 Å². The minimum Gasteiger partial charge on any atom is -0.467 e. The van der Waals surface area contributed by atoms with Gasteiger partial charge < -0.3 is 14.2 Å². The molecule has 0 saturated carbocycles. The van der Waals surface area contributed by atoms with Gasteiger partial charge in [-0.3, -0.25) is 9.59 Å². The molecule has 3 aromatic rings. The van der Waals surface area contributed by atoms with Gasteiger partial charge in [0.15, 0.2) is 0 Å². The van der Waals surface area contributed by atoms with E-state index in [9.17, 15) is 14.0 Å². The molecule has 0 spiro atoms. The minimum absolute atomic E-state index is 0.0544. The Bertz CT molecular complexity index is 1050. The van der Waals surface area contributed by atoms with Gasteiger partial charge in [-0.05, 0) is 54.3 Å². The van der Waals surface area contributed by atoms with Crippen molar-refractivity contribution >= 4 is 23.2 Å². The van der Waals surface area contributed by atoms with Gasteiger partial charge in [0.25, 0.3) is 0 Å². The summed E-state index contributed by atoms with van der Waals surface area (Å²) < 4.78 is 18.8. The van der Waals surface area contributed by atoms with Gasteiger partial charge >= 0.3 is 0 Å². The molecule has 176 valence electrons. The molecule has 1 aromatic carbocycles. The van der Waals surface area contributed by atoms with Gasteiger partial charge in [0, 0.05) is 22.7 Å². The van der Waals surface area contributed by atoms with Crippen LogP contribution in [0.15, 0.2) is 59.2 Å². The van der Waals surface area contributed by atoms with Crippen LogP contribution in [0.1, 0.15) is 48.3 Å². The number of nitrogens with zero attached hydrogens (tertiary/aromatic N) is 2. The topological polar surface area (TPSA) is 53.8 Å². The molecule has 0 unspecified atom stereocenters. The van der Waals surface area contributed by atoms with Gasteiger partial charge in [-0.1, -0.05) is 32.9 Å². The monoisotopic (exact) mass is 470 g/mol. The van der Waals surface area contributed by atoms with Crippen LogP contribution in [0.4, 0.5) is 4.39 Å². The molecule has 0 radical (unpaired) electrons. The van der Waals surface area contributed by atoms with Crippen LogP contribution in [0.25, 0.3) is 0 Å². The number of hydrogen-bond donors (Lipinski definition) is 0. The Labute approximate surface area is 198 Å². The fourth-order valence-corrected chi connectivity index (χ4v) is 4.36. The van der Waals surface area contributed by atoms with E-state index >= 15 is 0 Å². The zero-order chi connectivity index (χ0) is 24.0. The minimum atomic E-state index is -0.317. The second-order valence-corrected chi connectivity index (χ2v) is 10.8. The van der Waals surface area contributed by atoms with E-state index in [4.69, 9.17) is 4.42 Å². The van der Waals surface area contributed by atoms with Gasteiger partial charge in [-0.15, -0.1) is 11.3 Å². The van der Waals surface area contributed by atoms with Crippen LogP contribution in [0.2, 0.25) is 0 Å². The smallest absolute Gasteiger partial charge is 0.242 e. The number of rotatable bonds is 9. The van der Waals surface area contributed by atoms with Crippen LogP contribution in [0.3, 0.4) is 0 Å². The zero-order valence-corrected chi connectivity index (χ0v) is 20.5. The zero-order valence-electron chi connectivity index (χ0n) is 19.6. The number of aryl methyl sites for hydroxylation is 1. The lowest BCUT2D eigenvalue weighted by Gasteiger charge is -2.29. The van der Waals surface area contributed by atoms with E-state index in [0.29, 0.717) is 25.3 Å². The van der Waals surface area contributed by atoms with Crippen LogP contribution >= 0.6 is 11.3 Å². The maximum Gasteiger partial charge on any atom is 0.242 e. The molecule has 0 N–H and O–H groups in total. The number of benzene rings is 1. The molecule has 5 nitrogen and oxygen atoms in total. The number of furan rings is 1. The maximum absolute atomic E-state index is 13.5. The summed E-state index contributed by atoms with van der Waals surface area (Å²) in [5.74, 6) is 0.0482. The quantitative estimate of drug-likeness (QED) is 0.398. The molecule has 0 saturated heterocycles. The van der Waals surface area contributed by atoms with Gasteiger partial charge in [0.05, 0.1) is 19.4 Å². The number of amides is 2. The van der Waals surface area contributed by atoms with Crippen LogP contribution < -0.4 is 0 Å². The van der Waals surface area contributed by atoms with Crippen molar-refractivity contribution in [3.8, 4) is 0 Å². The van der Waals surface area contributed by atoms with Gasteiger partial charge in [0.2, 0.25) is 11.8 Å². The molecule has 33 heavy (non-hydrogen) atoms. The highest BCUT2D eigenvalue weighted by molar-refractivity contribution is 7.11. The van der Waals surface area contributed by atoms with Crippen molar-refractivity contribution in [1.82, 2.24) is 9.80 Å². The molecule has 0 atom stereocenters. The first-order valence-electron chi connectivity index (χ1n) is 11.0. The Morgan fingerprint density at radius 3 is 2.24 bits per heavy atom. The maximum atomic E-state index is 13.5. The first kappa shape index (κ1) is 24.7.